The highest BCUT2D eigenvalue weighted by molar-refractivity contribution is 5.74. The molecule has 2 rings (SSSR count). The maximum absolute atomic E-state index is 10.6. The highest BCUT2D eigenvalue weighted by Crippen LogP contribution is 2.18. The Morgan fingerprint density at radius 2 is 1.80 bits per heavy atom. The van der Waals surface area contributed by atoms with Crippen LogP contribution in [0.4, 0.5) is 0 Å². The van der Waals surface area contributed by atoms with Gasteiger partial charge in [-0.05, 0) is 35.9 Å². The summed E-state index contributed by atoms with van der Waals surface area (Å²) < 4.78 is 16.3. The molecule has 0 aromatic heterocycles. The Balaban J connectivity index is 1.95. The summed E-state index contributed by atoms with van der Waals surface area (Å²) in [5.74, 6) is 0.729. The van der Waals surface area contributed by atoms with Gasteiger partial charge in [0, 0.05) is 19.8 Å². The third-order valence-corrected chi connectivity index (χ3v) is 3.17. The molecule has 0 amide bonds. The van der Waals surface area contributed by atoms with E-state index in [4.69, 9.17) is 14.2 Å². The van der Waals surface area contributed by atoms with Crippen LogP contribution in [0.3, 0.4) is 0 Å². The van der Waals surface area contributed by atoms with Crippen molar-refractivity contribution in [1.82, 2.24) is 0 Å². The first-order chi connectivity index (χ1) is 9.76. The van der Waals surface area contributed by atoms with Gasteiger partial charge in [-0.15, -0.1) is 0 Å². The number of carbonyl (C=O) groups is 1. The zero-order chi connectivity index (χ0) is 14.4. The topological polar surface area (TPSA) is 44.8 Å². The van der Waals surface area contributed by atoms with Crippen molar-refractivity contribution in [2.45, 2.75) is 12.2 Å². The monoisotopic (exact) mass is 274 g/mol. The van der Waals surface area contributed by atoms with Crippen molar-refractivity contribution in [2.24, 2.45) is 0 Å². The molecule has 0 fully saturated rings. The summed E-state index contributed by atoms with van der Waals surface area (Å²) in [6.45, 7) is 0.452. The van der Waals surface area contributed by atoms with Gasteiger partial charge in [-0.3, -0.25) is 4.79 Å². The van der Waals surface area contributed by atoms with Crippen LogP contribution in [0.5, 0.6) is 5.75 Å². The van der Waals surface area contributed by atoms with E-state index in [9.17, 15) is 4.79 Å². The van der Waals surface area contributed by atoms with Crippen LogP contribution in [0.2, 0.25) is 0 Å². The highest BCUT2D eigenvalue weighted by Gasteiger charge is 2.20. The molecule has 1 aromatic rings. The summed E-state index contributed by atoms with van der Waals surface area (Å²) in [6.07, 6.45) is 6.58. The second-order valence-electron chi connectivity index (χ2n) is 4.48. The predicted molar refractivity (Wildman–Crippen MR) is 76.1 cm³/mol. The first-order valence-corrected chi connectivity index (χ1v) is 6.39. The molecule has 0 bridgehead atoms. The van der Waals surface area contributed by atoms with Crippen molar-refractivity contribution in [2.75, 3.05) is 20.8 Å². The molecule has 1 aromatic carbocycles. The molecule has 4 nitrogen and oxygen atoms in total. The fourth-order valence-corrected chi connectivity index (χ4v) is 2.01. The highest BCUT2D eigenvalue weighted by atomic mass is 16.5. The molecule has 106 valence electrons. The van der Waals surface area contributed by atoms with Gasteiger partial charge >= 0.3 is 0 Å². The number of methoxy groups -OCH3 is 2. The van der Waals surface area contributed by atoms with Crippen LogP contribution in [0, 0.1) is 0 Å². The first kappa shape index (κ1) is 14.5. The molecule has 0 spiro atoms. The van der Waals surface area contributed by atoms with E-state index in [1.165, 1.54) is 0 Å². The number of aldehydes is 1. The van der Waals surface area contributed by atoms with Gasteiger partial charge < -0.3 is 14.2 Å². The van der Waals surface area contributed by atoms with E-state index in [-0.39, 0.29) is 12.2 Å². The third kappa shape index (κ3) is 3.56. The van der Waals surface area contributed by atoms with Crippen LogP contribution < -0.4 is 4.74 Å². The van der Waals surface area contributed by atoms with Gasteiger partial charge in [0.25, 0.3) is 0 Å². The Labute approximate surface area is 118 Å². The number of carbonyl (C=O) groups excluding carboxylic acids is 1. The summed E-state index contributed by atoms with van der Waals surface area (Å²) >= 11 is 0. The zero-order valence-electron chi connectivity index (χ0n) is 11.6. The van der Waals surface area contributed by atoms with E-state index in [1.54, 1.807) is 38.5 Å². The molecule has 20 heavy (non-hydrogen) atoms. The standard InChI is InChI=1S/C16H18O4/c1-18-15-8-5-13(9-16(15)19-2)11-20-14-6-3-12(10-17)4-7-14/h3-10,15-16H,11H2,1-2H3. The lowest BCUT2D eigenvalue weighted by atomic mass is 10.0. The van der Waals surface area contributed by atoms with Crippen molar-refractivity contribution in [1.29, 1.82) is 0 Å². The van der Waals surface area contributed by atoms with Crippen LogP contribution in [-0.2, 0) is 9.47 Å². The third-order valence-electron chi connectivity index (χ3n) is 3.17. The van der Waals surface area contributed by atoms with E-state index in [1.807, 2.05) is 18.2 Å². The lowest BCUT2D eigenvalue weighted by Crippen LogP contribution is -2.29. The Hall–Kier alpha value is -1.91. The number of hydrogen-bond donors (Lipinski definition) is 0. The van der Waals surface area contributed by atoms with Gasteiger partial charge in [0.1, 0.15) is 30.9 Å². The minimum absolute atomic E-state index is 0.0596. The van der Waals surface area contributed by atoms with Gasteiger partial charge in [0.2, 0.25) is 0 Å². The second-order valence-corrected chi connectivity index (χ2v) is 4.48. The minimum atomic E-state index is -0.0963. The predicted octanol–water partition coefficient (Wildman–Crippen LogP) is 2.40. The van der Waals surface area contributed by atoms with Crippen molar-refractivity contribution in [3.8, 4) is 5.75 Å². The molecular formula is C16H18O4. The van der Waals surface area contributed by atoms with E-state index in [2.05, 4.69) is 0 Å². The summed E-state index contributed by atoms with van der Waals surface area (Å²) in [4.78, 5) is 10.6. The Morgan fingerprint density at radius 3 is 2.40 bits per heavy atom. The van der Waals surface area contributed by atoms with Crippen LogP contribution in [0.25, 0.3) is 0 Å². The minimum Gasteiger partial charge on any atom is -0.489 e. The molecular weight excluding hydrogens is 256 g/mol. The van der Waals surface area contributed by atoms with E-state index in [0.29, 0.717) is 12.2 Å². The van der Waals surface area contributed by atoms with Gasteiger partial charge in [0.15, 0.2) is 0 Å². The fourth-order valence-electron chi connectivity index (χ4n) is 2.01. The average molecular weight is 274 g/mol. The number of ether oxygens (including phenoxy) is 3. The Bertz CT molecular complexity index is 502. The SMILES string of the molecule is COC1C=CC(COc2ccc(C=O)cc2)=CC1OC. The van der Waals surface area contributed by atoms with Gasteiger partial charge in [-0.25, -0.2) is 0 Å². The Kier molecular flexibility index (Phi) is 5.09. The molecule has 0 saturated carbocycles. The molecule has 4 heteroatoms. The average Bonchev–Trinajstić information content (AvgIpc) is 2.53. The van der Waals surface area contributed by atoms with Crippen LogP contribution in [0.1, 0.15) is 10.4 Å². The van der Waals surface area contributed by atoms with Crippen molar-refractivity contribution >= 4 is 6.29 Å². The molecule has 0 heterocycles. The van der Waals surface area contributed by atoms with E-state index < -0.39 is 0 Å². The maximum Gasteiger partial charge on any atom is 0.150 e. The van der Waals surface area contributed by atoms with Gasteiger partial charge in [-0.2, -0.15) is 0 Å². The molecule has 0 radical (unpaired) electrons. The van der Waals surface area contributed by atoms with E-state index in [0.717, 1.165) is 17.6 Å². The molecule has 2 unspecified atom stereocenters. The molecule has 1 aliphatic rings. The summed E-state index contributed by atoms with van der Waals surface area (Å²) in [7, 11) is 3.31. The Morgan fingerprint density at radius 1 is 1.10 bits per heavy atom. The second kappa shape index (κ2) is 7.03. The molecule has 0 saturated heterocycles. The fraction of sp³-hybridized carbons (Fsp3) is 0.312. The quantitative estimate of drug-likeness (QED) is 0.747. The molecule has 2 atom stereocenters. The normalized spacial score (nSPS) is 21.4. The first-order valence-electron chi connectivity index (χ1n) is 6.39. The van der Waals surface area contributed by atoms with E-state index >= 15 is 0 Å². The van der Waals surface area contributed by atoms with Gasteiger partial charge in [-0.1, -0.05) is 12.2 Å². The molecule has 0 N–H and O–H groups in total. The summed E-state index contributed by atoms with van der Waals surface area (Å²) in [6, 6.07) is 7.02. The van der Waals surface area contributed by atoms with Crippen molar-refractivity contribution in [3.63, 3.8) is 0 Å². The van der Waals surface area contributed by atoms with Crippen LogP contribution >= 0.6 is 0 Å². The summed E-state index contributed by atoms with van der Waals surface area (Å²) in [5.41, 5.74) is 1.67. The maximum atomic E-state index is 10.6. The van der Waals surface area contributed by atoms with Crippen molar-refractivity contribution in [3.05, 3.63) is 53.6 Å². The van der Waals surface area contributed by atoms with Crippen LogP contribution in [-0.4, -0.2) is 39.3 Å². The summed E-state index contributed by atoms with van der Waals surface area (Å²) in [5, 5.41) is 0. The lowest BCUT2D eigenvalue weighted by molar-refractivity contribution is 0.0131. The number of rotatable bonds is 6. The van der Waals surface area contributed by atoms with Gasteiger partial charge in [0.05, 0.1) is 0 Å². The molecule has 0 aliphatic heterocycles. The van der Waals surface area contributed by atoms with Crippen molar-refractivity contribution < 1.29 is 19.0 Å². The zero-order valence-corrected chi connectivity index (χ0v) is 11.6. The smallest absolute Gasteiger partial charge is 0.150 e. The number of hydrogen-bond acceptors (Lipinski definition) is 4. The molecule has 1 aliphatic carbocycles. The largest absolute Gasteiger partial charge is 0.489 e. The van der Waals surface area contributed by atoms with Crippen LogP contribution in [0.15, 0.2) is 48.1 Å². The lowest BCUT2D eigenvalue weighted by Gasteiger charge is -2.23. The number of benzene rings is 1.